The fraction of sp³-hybridized carbons (Fsp3) is 0.348. The fourth-order valence-electron chi connectivity index (χ4n) is 3.48. The molecule has 1 aliphatic heterocycles. The maximum Gasteiger partial charge on any atom is 0.255 e. The van der Waals surface area contributed by atoms with E-state index in [-0.39, 0.29) is 23.6 Å². The van der Waals surface area contributed by atoms with Crippen LogP contribution in [-0.4, -0.2) is 37.4 Å². The minimum absolute atomic E-state index is 0.0857. The van der Waals surface area contributed by atoms with Crippen molar-refractivity contribution < 1.29 is 19.1 Å². The zero-order valence-electron chi connectivity index (χ0n) is 17.5. The Bertz CT molecular complexity index is 942. The highest BCUT2D eigenvalue weighted by Gasteiger charge is 2.26. The molecule has 3 rings (SSSR count). The number of carbonyl (C=O) groups excluding carboxylic acids is 3. The third-order valence-corrected chi connectivity index (χ3v) is 5.09. The summed E-state index contributed by atoms with van der Waals surface area (Å²) >= 11 is 0. The zero-order chi connectivity index (χ0) is 21.7. The molecular weight excluding hydrogens is 382 g/mol. The van der Waals surface area contributed by atoms with Crippen molar-refractivity contribution in [3.05, 3.63) is 54.1 Å². The smallest absolute Gasteiger partial charge is 0.255 e. The van der Waals surface area contributed by atoms with Gasteiger partial charge in [-0.05, 0) is 42.7 Å². The van der Waals surface area contributed by atoms with Gasteiger partial charge in [-0.2, -0.15) is 0 Å². The van der Waals surface area contributed by atoms with Crippen LogP contribution < -0.4 is 20.3 Å². The Morgan fingerprint density at radius 1 is 1.10 bits per heavy atom. The molecule has 2 N–H and O–H groups in total. The van der Waals surface area contributed by atoms with Gasteiger partial charge in [0.05, 0.1) is 12.7 Å². The number of hydrogen-bond donors (Lipinski definition) is 2. The molecule has 0 aromatic heterocycles. The van der Waals surface area contributed by atoms with Crippen molar-refractivity contribution >= 4 is 29.1 Å². The number of anilines is 2. The van der Waals surface area contributed by atoms with Crippen LogP contribution in [0.15, 0.2) is 48.5 Å². The summed E-state index contributed by atoms with van der Waals surface area (Å²) in [5.41, 5.74) is 1.71. The van der Waals surface area contributed by atoms with Gasteiger partial charge in [0.15, 0.2) is 0 Å². The van der Waals surface area contributed by atoms with E-state index in [1.807, 2.05) is 19.9 Å². The van der Waals surface area contributed by atoms with Gasteiger partial charge in [-0.1, -0.05) is 32.0 Å². The number of methoxy groups -OCH3 is 1. The van der Waals surface area contributed by atoms with E-state index in [2.05, 4.69) is 10.6 Å². The molecule has 30 heavy (non-hydrogen) atoms. The molecule has 1 fully saturated rings. The van der Waals surface area contributed by atoms with Gasteiger partial charge in [-0.25, -0.2) is 0 Å². The van der Waals surface area contributed by atoms with Crippen molar-refractivity contribution in [2.24, 2.45) is 5.92 Å². The number of hydrogen-bond acceptors (Lipinski definition) is 4. The topological polar surface area (TPSA) is 87.7 Å². The van der Waals surface area contributed by atoms with Gasteiger partial charge in [0.1, 0.15) is 11.8 Å². The van der Waals surface area contributed by atoms with Crippen molar-refractivity contribution in [3.63, 3.8) is 0 Å². The normalized spacial score (nSPS) is 14.5. The van der Waals surface area contributed by atoms with E-state index in [0.29, 0.717) is 30.0 Å². The molecule has 3 amide bonds. The van der Waals surface area contributed by atoms with Gasteiger partial charge < -0.3 is 20.3 Å². The van der Waals surface area contributed by atoms with Crippen LogP contribution in [0.5, 0.6) is 5.75 Å². The molecule has 0 radical (unpaired) electrons. The largest absolute Gasteiger partial charge is 0.496 e. The summed E-state index contributed by atoms with van der Waals surface area (Å²) in [6.07, 6.45) is 1.38. The summed E-state index contributed by atoms with van der Waals surface area (Å²) in [6, 6.07) is 13.3. The molecule has 1 aliphatic rings. The maximum atomic E-state index is 12.9. The third-order valence-electron chi connectivity index (χ3n) is 5.09. The Hall–Kier alpha value is -3.35. The van der Waals surface area contributed by atoms with Crippen LogP contribution in [0.2, 0.25) is 0 Å². The predicted molar refractivity (Wildman–Crippen MR) is 116 cm³/mol. The highest BCUT2D eigenvalue weighted by molar-refractivity contribution is 6.03. The van der Waals surface area contributed by atoms with Crippen LogP contribution in [0.1, 0.15) is 37.0 Å². The summed E-state index contributed by atoms with van der Waals surface area (Å²) in [4.78, 5) is 39.4. The van der Waals surface area contributed by atoms with Crippen LogP contribution >= 0.6 is 0 Å². The quantitative estimate of drug-likeness (QED) is 0.735. The molecule has 1 saturated heterocycles. The molecule has 2 aromatic carbocycles. The standard InChI is InChI=1S/C23H27N3O4/c1-15(2)21(25-22(28)18-10-4-5-11-19(18)30-3)23(29)24-16-8-6-9-17(14-16)26-13-7-12-20(26)27/h4-6,8-11,14-15,21H,7,12-13H2,1-3H3,(H,24,29)(H,25,28)/t21-/m0/s1. The molecule has 0 bridgehead atoms. The Morgan fingerprint density at radius 3 is 2.53 bits per heavy atom. The molecule has 0 aliphatic carbocycles. The SMILES string of the molecule is COc1ccccc1C(=O)N[C@H](C(=O)Nc1cccc(N2CCCC2=O)c1)C(C)C. The number of amides is 3. The second-order valence-corrected chi connectivity index (χ2v) is 7.58. The lowest BCUT2D eigenvalue weighted by molar-refractivity contribution is -0.119. The first-order valence-electron chi connectivity index (χ1n) is 10.1. The first kappa shape index (κ1) is 21.4. The Labute approximate surface area is 176 Å². The van der Waals surface area contributed by atoms with Gasteiger partial charge in [0.2, 0.25) is 11.8 Å². The fourth-order valence-corrected chi connectivity index (χ4v) is 3.48. The monoisotopic (exact) mass is 409 g/mol. The number of nitrogens with zero attached hydrogens (tertiary/aromatic N) is 1. The first-order valence-corrected chi connectivity index (χ1v) is 10.1. The molecular formula is C23H27N3O4. The summed E-state index contributed by atoms with van der Waals surface area (Å²) in [6.45, 7) is 4.41. The summed E-state index contributed by atoms with van der Waals surface area (Å²) in [7, 11) is 1.50. The highest BCUT2D eigenvalue weighted by atomic mass is 16.5. The van der Waals surface area contributed by atoms with Gasteiger partial charge in [0.25, 0.3) is 5.91 Å². The summed E-state index contributed by atoms with van der Waals surface area (Å²) in [5, 5.41) is 5.67. The molecule has 7 nitrogen and oxygen atoms in total. The molecule has 0 saturated carbocycles. The van der Waals surface area contributed by atoms with Crippen molar-refractivity contribution in [1.82, 2.24) is 5.32 Å². The third kappa shape index (κ3) is 4.79. The van der Waals surface area contributed by atoms with E-state index in [1.54, 1.807) is 47.4 Å². The second kappa shape index (κ2) is 9.43. The lowest BCUT2D eigenvalue weighted by Gasteiger charge is -2.23. The summed E-state index contributed by atoms with van der Waals surface area (Å²) < 4.78 is 5.24. The van der Waals surface area contributed by atoms with Crippen LogP contribution in [0.25, 0.3) is 0 Å². The molecule has 1 atom stereocenters. The lowest BCUT2D eigenvalue weighted by atomic mass is 10.0. The minimum atomic E-state index is -0.737. The van der Waals surface area contributed by atoms with E-state index in [9.17, 15) is 14.4 Å². The van der Waals surface area contributed by atoms with Crippen LogP contribution in [0.4, 0.5) is 11.4 Å². The number of benzene rings is 2. The molecule has 0 unspecified atom stereocenters. The van der Waals surface area contributed by atoms with E-state index in [0.717, 1.165) is 12.1 Å². The number of ether oxygens (including phenoxy) is 1. The number of nitrogens with one attached hydrogen (secondary N) is 2. The van der Waals surface area contributed by atoms with Crippen LogP contribution in [-0.2, 0) is 9.59 Å². The van der Waals surface area contributed by atoms with Gasteiger partial charge in [-0.15, -0.1) is 0 Å². The summed E-state index contributed by atoms with van der Waals surface area (Å²) in [5.74, 6) is -0.300. The number of carbonyl (C=O) groups is 3. The minimum Gasteiger partial charge on any atom is -0.496 e. The molecule has 7 heteroatoms. The highest BCUT2D eigenvalue weighted by Crippen LogP contribution is 2.24. The Kier molecular flexibility index (Phi) is 6.72. The number of para-hydroxylation sites is 1. The van der Waals surface area contributed by atoms with E-state index in [1.165, 1.54) is 7.11 Å². The molecule has 0 spiro atoms. The number of rotatable bonds is 7. The van der Waals surface area contributed by atoms with Gasteiger partial charge >= 0.3 is 0 Å². The molecule has 1 heterocycles. The van der Waals surface area contributed by atoms with E-state index >= 15 is 0 Å². The van der Waals surface area contributed by atoms with Crippen molar-refractivity contribution in [3.8, 4) is 5.75 Å². The van der Waals surface area contributed by atoms with Crippen molar-refractivity contribution in [1.29, 1.82) is 0 Å². The average Bonchev–Trinajstić information content (AvgIpc) is 3.17. The van der Waals surface area contributed by atoms with Crippen molar-refractivity contribution in [2.75, 3.05) is 23.9 Å². The lowest BCUT2D eigenvalue weighted by Crippen LogP contribution is -2.47. The van der Waals surface area contributed by atoms with E-state index < -0.39 is 6.04 Å². The van der Waals surface area contributed by atoms with Crippen LogP contribution in [0, 0.1) is 5.92 Å². The average molecular weight is 409 g/mol. The predicted octanol–water partition coefficient (Wildman–Crippen LogP) is 3.22. The zero-order valence-corrected chi connectivity index (χ0v) is 17.5. The van der Waals surface area contributed by atoms with E-state index in [4.69, 9.17) is 4.74 Å². The Morgan fingerprint density at radius 2 is 1.87 bits per heavy atom. The first-order chi connectivity index (χ1) is 14.4. The maximum absolute atomic E-state index is 12.9. The second-order valence-electron chi connectivity index (χ2n) is 7.58. The van der Waals surface area contributed by atoms with Crippen molar-refractivity contribution in [2.45, 2.75) is 32.7 Å². The van der Waals surface area contributed by atoms with Gasteiger partial charge in [-0.3, -0.25) is 14.4 Å². The molecule has 2 aromatic rings. The molecule has 158 valence electrons. The Balaban J connectivity index is 1.73. The van der Waals surface area contributed by atoms with Crippen LogP contribution in [0.3, 0.4) is 0 Å². The van der Waals surface area contributed by atoms with Gasteiger partial charge in [0, 0.05) is 24.3 Å².